The molecule has 1 heterocycles. The van der Waals surface area contributed by atoms with Gasteiger partial charge >= 0.3 is 0 Å². The Hall–Kier alpha value is -0.0200. The van der Waals surface area contributed by atoms with Gasteiger partial charge in [0.15, 0.2) is 0 Å². The number of hydrogen-bond acceptors (Lipinski definition) is 2. The molecule has 1 aromatic heterocycles. The predicted molar refractivity (Wildman–Crippen MR) is 48.3 cm³/mol. The topological polar surface area (TPSA) is 12.9 Å². The van der Waals surface area contributed by atoms with Gasteiger partial charge in [-0.3, -0.25) is 4.98 Å². The number of aromatic nitrogens is 1. The van der Waals surface area contributed by atoms with E-state index in [1.807, 2.05) is 30.2 Å². The number of hydrogen-bond donors (Lipinski definition) is 0. The van der Waals surface area contributed by atoms with Crippen molar-refractivity contribution < 1.29 is 0 Å². The van der Waals surface area contributed by atoms with Crippen LogP contribution < -0.4 is 0 Å². The van der Waals surface area contributed by atoms with Gasteiger partial charge in [0.2, 0.25) is 0 Å². The van der Waals surface area contributed by atoms with Crippen molar-refractivity contribution in [2.24, 2.45) is 0 Å². The first-order valence-electron chi connectivity index (χ1n) is 3.07. The quantitative estimate of drug-likeness (QED) is 0.708. The number of pyridine rings is 1. The van der Waals surface area contributed by atoms with E-state index >= 15 is 0 Å². The van der Waals surface area contributed by atoms with Crippen LogP contribution in [0.5, 0.6) is 0 Å². The monoisotopic (exact) mass is 217 g/mol. The van der Waals surface area contributed by atoms with Gasteiger partial charge in [0, 0.05) is 21.8 Å². The van der Waals surface area contributed by atoms with Gasteiger partial charge in [-0.15, -0.1) is 11.8 Å². The summed E-state index contributed by atoms with van der Waals surface area (Å²) < 4.78 is 1.09. The third kappa shape index (κ3) is 1.99. The van der Waals surface area contributed by atoms with Crippen LogP contribution in [-0.4, -0.2) is 10.7 Å². The molecule has 0 saturated carbocycles. The van der Waals surface area contributed by atoms with E-state index in [4.69, 9.17) is 0 Å². The van der Waals surface area contributed by atoms with E-state index in [0.717, 1.165) is 10.2 Å². The molecule has 0 amide bonds. The van der Waals surface area contributed by atoms with Crippen molar-refractivity contribution in [2.75, 3.05) is 5.75 Å². The highest BCUT2D eigenvalue weighted by Gasteiger charge is 1.95. The summed E-state index contributed by atoms with van der Waals surface area (Å²) in [6.07, 6.45) is 3.63. The van der Waals surface area contributed by atoms with Crippen molar-refractivity contribution in [3.8, 4) is 0 Å². The van der Waals surface area contributed by atoms with Crippen LogP contribution in [0.1, 0.15) is 6.92 Å². The van der Waals surface area contributed by atoms with Gasteiger partial charge < -0.3 is 0 Å². The maximum absolute atomic E-state index is 3.97. The summed E-state index contributed by atoms with van der Waals surface area (Å²) in [6.45, 7) is 2.14. The van der Waals surface area contributed by atoms with Gasteiger partial charge in [-0.1, -0.05) is 6.92 Å². The zero-order valence-corrected chi connectivity index (χ0v) is 8.08. The standard InChI is InChI=1S/C7H8BrNS/c1-2-10-7-3-4-9-5-6(7)8/h3-5H,2H2,1H3. The first kappa shape index (κ1) is 8.08. The van der Waals surface area contributed by atoms with Crippen molar-refractivity contribution >= 4 is 27.7 Å². The van der Waals surface area contributed by atoms with Crippen LogP contribution in [0.3, 0.4) is 0 Å². The zero-order valence-electron chi connectivity index (χ0n) is 5.67. The van der Waals surface area contributed by atoms with E-state index in [2.05, 4.69) is 27.8 Å². The molecule has 54 valence electrons. The summed E-state index contributed by atoms with van der Waals surface area (Å²) in [7, 11) is 0. The minimum absolute atomic E-state index is 1.09. The normalized spacial score (nSPS) is 9.80. The van der Waals surface area contributed by atoms with Crippen molar-refractivity contribution in [1.82, 2.24) is 4.98 Å². The lowest BCUT2D eigenvalue weighted by molar-refractivity contribution is 1.23. The second-order valence-corrected chi connectivity index (χ2v) is 3.90. The molecule has 0 radical (unpaired) electrons. The largest absolute Gasteiger partial charge is 0.263 e. The summed E-state index contributed by atoms with van der Waals surface area (Å²) in [5.74, 6) is 1.10. The zero-order chi connectivity index (χ0) is 7.40. The third-order valence-electron chi connectivity index (χ3n) is 1.04. The highest BCUT2D eigenvalue weighted by atomic mass is 79.9. The van der Waals surface area contributed by atoms with Crippen molar-refractivity contribution in [3.05, 3.63) is 22.9 Å². The number of nitrogens with zero attached hydrogens (tertiary/aromatic N) is 1. The van der Waals surface area contributed by atoms with Crippen LogP contribution >= 0.6 is 27.7 Å². The Bertz CT molecular complexity index is 215. The number of rotatable bonds is 2. The van der Waals surface area contributed by atoms with Gasteiger partial charge in [0.05, 0.1) is 0 Å². The Balaban J connectivity index is 2.81. The molecule has 0 spiro atoms. The molecular weight excluding hydrogens is 210 g/mol. The fourth-order valence-electron chi connectivity index (χ4n) is 0.635. The van der Waals surface area contributed by atoms with E-state index in [9.17, 15) is 0 Å². The van der Waals surface area contributed by atoms with Crippen LogP contribution in [0.4, 0.5) is 0 Å². The average molecular weight is 218 g/mol. The predicted octanol–water partition coefficient (Wildman–Crippen LogP) is 2.96. The smallest absolute Gasteiger partial charge is 0.0494 e. The van der Waals surface area contributed by atoms with E-state index in [0.29, 0.717) is 0 Å². The molecule has 0 aliphatic rings. The lowest BCUT2D eigenvalue weighted by Gasteiger charge is -1.98. The van der Waals surface area contributed by atoms with Crippen molar-refractivity contribution in [3.63, 3.8) is 0 Å². The van der Waals surface area contributed by atoms with E-state index in [1.165, 1.54) is 4.90 Å². The third-order valence-corrected chi connectivity index (χ3v) is 2.89. The van der Waals surface area contributed by atoms with E-state index < -0.39 is 0 Å². The summed E-state index contributed by atoms with van der Waals surface area (Å²) in [6, 6.07) is 2.01. The molecule has 10 heavy (non-hydrogen) atoms. The minimum atomic E-state index is 1.09. The molecule has 0 N–H and O–H groups in total. The van der Waals surface area contributed by atoms with Crippen LogP contribution in [0.2, 0.25) is 0 Å². The van der Waals surface area contributed by atoms with Gasteiger partial charge in [-0.2, -0.15) is 0 Å². The molecule has 1 rings (SSSR count). The minimum Gasteiger partial charge on any atom is -0.263 e. The average Bonchev–Trinajstić information content (AvgIpc) is 1.94. The Morgan fingerprint density at radius 1 is 1.70 bits per heavy atom. The van der Waals surface area contributed by atoms with Crippen molar-refractivity contribution in [1.29, 1.82) is 0 Å². The summed E-state index contributed by atoms with van der Waals surface area (Å²) in [5, 5.41) is 0. The SMILES string of the molecule is CCSc1ccncc1Br. The molecule has 0 aromatic carbocycles. The maximum atomic E-state index is 3.97. The Morgan fingerprint density at radius 2 is 2.50 bits per heavy atom. The molecule has 1 nitrogen and oxygen atoms in total. The lowest BCUT2D eigenvalue weighted by atomic mass is 10.5. The van der Waals surface area contributed by atoms with Crippen molar-refractivity contribution in [2.45, 2.75) is 11.8 Å². The molecule has 0 aliphatic carbocycles. The maximum Gasteiger partial charge on any atom is 0.0494 e. The van der Waals surface area contributed by atoms with Gasteiger partial charge in [-0.25, -0.2) is 0 Å². The first-order valence-corrected chi connectivity index (χ1v) is 4.84. The summed E-state index contributed by atoms with van der Waals surface area (Å²) >= 11 is 5.23. The second kappa shape index (κ2) is 3.98. The molecule has 0 saturated heterocycles. The summed E-state index contributed by atoms with van der Waals surface area (Å²) in [4.78, 5) is 5.23. The van der Waals surface area contributed by atoms with E-state index in [1.54, 1.807) is 0 Å². The molecule has 0 bridgehead atoms. The second-order valence-electron chi connectivity index (χ2n) is 1.74. The lowest BCUT2D eigenvalue weighted by Crippen LogP contribution is -1.76. The molecule has 0 unspecified atom stereocenters. The Labute approximate surface area is 73.4 Å². The first-order chi connectivity index (χ1) is 4.84. The number of thioether (sulfide) groups is 1. The molecule has 0 atom stereocenters. The Kier molecular flexibility index (Phi) is 3.22. The van der Waals surface area contributed by atoms with Crippen LogP contribution in [0, 0.1) is 0 Å². The highest BCUT2D eigenvalue weighted by Crippen LogP contribution is 2.25. The van der Waals surface area contributed by atoms with Crippen LogP contribution in [0.25, 0.3) is 0 Å². The highest BCUT2D eigenvalue weighted by molar-refractivity contribution is 9.10. The molecular formula is C7H8BrNS. The summed E-state index contributed by atoms with van der Waals surface area (Å²) in [5.41, 5.74) is 0. The van der Waals surface area contributed by atoms with Gasteiger partial charge in [0.25, 0.3) is 0 Å². The molecule has 1 aromatic rings. The molecule has 0 fully saturated rings. The molecule has 3 heteroatoms. The fourth-order valence-corrected chi connectivity index (χ4v) is 1.89. The molecule has 0 aliphatic heterocycles. The van der Waals surface area contributed by atoms with Crippen LogP contribution in [-0.2, 0) is 0 Å². The Morgan fingerprint density at radius 3 is 3.10 bits per heavy atom. The number of halogens is 1. The van der Waals surface area contributed by atoms with Crippen LogP contribution in [0.15, 0.2) is 27.8 Å². The fraction of sp³-hybridized carbons (Fsp3) is 0.286. The van der Waals surface area contributed by atoms with E-state index in [-0.39, 0.29) is 0 Å². The van der Waals surface area contributed by atoms with Gasteiger partial charge in [-0.05, 0) is 27.7 Å². The van der Waals surface area contributed by atoms with Gasteiger partial charge in [0.1, 0.15) is 0 Å².